The molecule has 7 aromatic carbocycles. The van der Waals surface area contributed by atoms with E-state index in [1.807, 2.05) is 66.7 Å². The predicted octanol–water partition coefficient (Wildman–Crippen LogP) is 16.1. The number of benzene rings is 7. The Kier molecular flexibility index (Phi) is 9.93. The third-order valence-corrected chi connectivity index (χ3v) is 12.1. The molecule has 0 saturated carbocycles. The molecule has 334 valence electrons. The summed E-state index contributed by atoms with van der Waals surface area (Å²) in [7, 11) is 0. The maximum atomic E-state index is 12.7. The van der Waals surface area contributed by atoms with Gasteiger partial charge in [0, 0.05) is 44.1 Å². The summed E-state index contributed by atoms with van der Waals surface area (Å²) < 4.78 is 72.0. The Morgan fingerprint density at radius 3 is 1.83 bits per heavy atom. The summed E-state index contributed by atoms with van der Waals surface area (Å²) in [6, 6.07) is 38.6. The van der Waals surface area contributed by atoms with E-state index in [-0.39, 0.29) is 55.1 Å². The number of fused-ring (bicyclic) bond motifs is 1. The normalized spacial score (nSPS) is 13.7. The van der Waals surface area contributed by atoms with E-state index in [1.165, 1.54) is 0 Å². The fraction of sp³-hybridized carbons (Fsp3) is 0.213. The van der Waals surface area contributed by atoms with Gasteiger partial charge in [0.1, 0.15) is 11.6 Å². The molecule has 0 saturated heterocycles. The summed E-state index contributed by atoms with van der Waals surface area (Å²) in [4.78, 5) is 10.1. The van der Waals surface area contributed by atoms with Crippen LogP contribution in [-0.4, -0.2) is 19.6 Å². The minimum absolute atomic E-state index is 0. The molecule has 0 spiro atoms. The van der Waals surface area contributed by atoms with Gasteiger partial charge in [-0.05, 0) is 92.4 Å². The second kappa shape index (κ2) is 17.8. The van der Waals surface area contributed by atoms with Crippen LogP contribution in [0.1, 0.15) is 95.5 Å². The van der Waals surface area contributed by atoms with Crippen LogP contribution in [0.2, 0.25) is 0 Å². The molecule has 0 radical (unpaired) electrons. The topological polar surface area (TPSA) is 50.9 Å². The zero-order valence-corrected chi connectivity index (χ0v) is 41.3. The fourth-order valence-corrected chi connectivity index (χ4v) is 8.43. The number of hydrogen-bond donors (Lipinski definition) is 1. The molecule has 9 aromatic rings. The van der Waals surface area contributed by atoms with Gasteiger partial charge < -0.3 is 5.11 Å². The smallest absolute Gasteiger partial charge is 0.148 e. The molecule has 0 aliphatic heterocycles. The van der Waals surface area contributed by atoms with Gasteiger partial charge in [-0.2, -0.15) is 0 Å². The van der Waals surface area contributed by atoms with E-state index in [4.69, 9.17) is 14.6 Å². The molecule has 0 unspecified atom stereocenters. The van der Waals surface area contributed by atoms with E-state index < -0.39 is 53.3 Å². The molecular formula is C61H58N3OPt-. The van der Waals surface area contributed by atoms with Gasteiger partial charge in [0.05, 0.1) is 33.3 Å². The number of rotatable bonds is 7. The van der Waals surface area contributed by atoms with Crippen molar-refractivity contribution in [1.82, 2.24) is 14.5 Å². The maximum Gasteiger partial charge on any atom is 0.148 e. The Bertz CT molecular complexity index is 3660. The Hall–Kier alpha value is -6.35. The third kappa shape index (κ3) is 8.97. The van der Waals surface area contributed by atoms with Crippen molar-refractivity contribution in [3.05, 3.63) is 192 Å². The van der Waals surface area contributed by atoms with Crippen molar-refractivity contribution in [1.29, 1.82) is 0 Å². The van der Waals surface area contributed by atoms with Crippen LogP contribution in [0.25, 0.3) is 83.9 Å². The molecule has 0 aliphatic carbocycles. The van der Waals surface area contributed by atoms with Crippen LogP contribution in [0, 0.1) is 13.0 Å². The summed E-state index contributed by atoms with van der Waals surface area (Å²) in [6.07, 6.45) is -0.525. The number of phenols is 1. The first-order chi connectivity index (χ1) is 34.3. The Labute approximate surface area is 417 Å². The van der Waals surface area contributed by atoms with E-state index >= 15 is 0 Å². The zero-order valence-electron chi connectivity index (χ0n) is 47.1. The number of phenolic OH excluding ortho intramolecular Hbond substituents is 1. The molecule has 5 heteroatoms. The van der Waals surface area contributed by atoms with Crippen LogP contribution in [0.4, 0.5) is 0 Å². The first-order valence-electron chi connectivity index (χ1n) is 26.1. The molecule has 1 N–H and O–H groups in total. The number of imidazole rings is 1. The first kappa shape index (κ1) is 36.8. The van der Waals surface area contributed by atoms with Crippen molar-refractivity contribution in [3.8, 4) is 78.6 Å². The Morgan fingerprint density at radius 2 is 1.20 bits per heavy atom. The Balaban J connectivity index is 0.00000729. The maximum absolute atomic E-state index is 12.7. The second-order valence-corrected chi connectivity index (χ2v) is 19.9. The molecule has 0 bridgehead atoms. The quantitative estimate of drug-likeness (QED) is 0.162. The average Bonchev–Trinajstić information content (AvgIpc) is 3.73. The standard InChI is InChI=1S/C61H58N3O.Pt/c1-39-31-50(42-25-18-13-19-26-42)55(38-49(39)41-23-16-12-17-24-41)64-54-28-20-27-48(56(54)63-58(64)51-36-47(60(5,6)7)37-52(57(51)65)61(8,9)10)44-32-45(34-46(33-44)59(2,3)4)53-35-43(29-30-62-53)40-21-14-11-15-22-40;/h11-31,33-38,65H,1-10H3;/q-1;/i11D,14D,15D,21D,22D,29D,30D,35D;. The van der Waals surface area contributed by atoms with Crippen LogP contribution in [0.15, 0.2) is 164 Å². The van der Waals surface area contributed by atoms with Gasteiger partial charge in [-0.3, -0.25) is 9.55 Å². The van der Waals surface area contributed by atoms with Gasteiger partial charge in [0.15, 0.2) is 0 Å². The molecule has 2 aromatic heterocycles. The average molecular weight is 1050 g/mol. The van der Waals surface area contributed by atoms with Crippen molar-refractivity contribution < 1.29 is 37.1 Å². The van der Waals surface area contributed by atoms with E-state index in [0.717, 1.165) is 55.7 Å². The minimum atomic E-state index is -0.610. The van der Waals surface area contributed by atoms with Gasteiger partial charge in [0.2, 0.25) is 0 Å². The van der Waals surface area contributed by atoms with Gasteiger partial charge in [-0.1, -0.05) is 189 Å². The van der Waals surface area contributed by atoms with Crippen molar-refractivity contribution in [2.45, 2.75) is 85.5 Å². The van der Waals surface area contributed by atoms with Gasteiger partial charge in [-0.15, -0.1) is 29.3 Å². The molecule has 9 rings (SSSR count). The number of aromatic nitrogens is 3. The fourth-order valence-electron chi connectivity index (χ4n) is 8.43. The summed E-state index contributed by atoms with van der Waals surface area (Å²) in [5.74, 6) is 0.652. The van der Waals surface area contributed by atoms with Crippen LogP contribution in [-0.2, 0) is 37.3 Å². The molecule has 0 aliphatic rings. The number of aromatic hydroxyl groups is 1. The summed E-state index contributed by atoms with van der Waals surface area (Å²) in [5.41, 5.74) is 10.3. The summed E-state index contributed by atoms with van der Waals surface area (Å²) in [5, 5.41) is 12.7. The number of aryl methyl sites for hydroxylation is 1. The van der Waals surface area contributed by atoms with Crippen LogP contribution in [0.5, 0.6) is 5.75 Å². The van der Waals surface area contributed by atoms with Crippen molar-refractivity contribution in [2.24, 2.45) is 0 Å². The zero-order chi connectivity index (χ0) is 52.8. The number of hydrogen-bond acceptors (Lipinski definition) is 3. The van der Waals surface area contributed by atoms with Gasteiger partial charge in [-0.25, -0.2) is 4.98 Å². The first-order valence-corrected chi connectivity index (χ1v) is 22.1. The van der Waals surface area contributed by atoms with E-state index in [9.17, 15) is 6.48 Å². The Morgan fingerprint density at radius 1 is 0.576 bits per heavy atom. The van der Waals surface area contributed by atoms with Crippen molar-refractivity contribution >= 4 is 11.0 Å². The monoisotopic (exact) mass is 1050 g/mol. The second-order valence-electron chi connectivity index (χ2n) is 19.9. The SMILES string of the molecule is [2H]c1nc(-c2[c-]c(-c3cccc4c3nc(-c3cc(C(C)(C)C)cc(C(C)(C)C)c3O)n4-c3cc(-c4ccccc4)c(C)cc3-c3ccccc3)cc(C(C)(C)C)c2)c([2H])c(-c2c([2H])c([2H])c([2H])c([2H])c2[2H])c1[2H].[Pt]. The minimum Gasteiger partial charge on any atom is -0.507 e. The largest absolute Gasteiger partial charge is 0.507 e. The van der Waals surface area contributed by atoms with E-state index in [2.05, 4.69) is 133 Å². The number of para-hydroxylation sites is 1. The van der Waals surface area contributed by atoms with Crippen LogP contribution < -0.4 is 0 Å². The van der Waals surface area contributed by atoms with E-state index in [0.29, 0.717) is 33.6 Å². The number of pyridine rings is 1. The third-order valence-electron chi connectivity index (χ3n) is 12.1. The molecule has 0 atom stereocenters. The van der Waals surface area contributed by atoms with Gasteiger partial charge in [0.25, 0.3) is 0 Å². The predicted molar refractivity (Wildman–Crippen MR) is 273 cm³/mol. The van der Waals surface area contributed by atoms with Crippen molar-refractivity contribution in [2.75, 3.05) is 0 Å². The summed E-state index contributed by atoms with van der Waals surface area (Å²) >= 11 is 0. The molecule has 2 heterocycles. The molecular weight excluding hydrogens is 986 g/mol. The van der Waals surface area contributed by atoms with Crippen molar-refractivity contribution in [3.63, 3.8) is 0 Å². The number of nitrogens with zero attached hydrogens (tertiary/aromatic N) is 3. The molecule has 0 fully saturated rings. The molecule has 66 heavy (non-hydrogen) atoms. The molecule has 4 nitrogen and oxygen atoms in total. The van der Waals surface area contributed by atoms with Crippen LogP contribution in [0.3, 0.4) is 0 Å². The summed E-state index contributed by atoms with van der Waals surface area (Å²) in [6.45, 7) is 21.1. The van der Waals surface area contributed by atoms with Crippen LogP contribution >= 0.6 is 0 Å². The van der Waals surface area contributed by atoms with E-state index in [1.54, 1.807) is 0 Å². The van der Waals surface area contributed by atoms with Gasteiger partial charge >= 0.3 is 0 Å². The molecule has 0 amide bonds.